The maximum absolute atomic E-state index is 12.8. The number of rotatable bonds is 8. The van der Waals surface area contributed by atoms with Gasteiger partial charge in [-0.05, 0) is 37.6 Å². The highest BCUT2D eigenvalue weighted by atomic mass is 32.2. The molecule has 1 fully saturated rings. The number of nitrogens with zero attached hydrogens (tertiary/aromatic N) is 4. The molecule has 0 spiro atoms. The topological polar surface area (TPSA) is 88.8 Å². The zero-order valence-corrected chi connectivity index (χ0v) is 16.6. The molecule has 1 aliphatic rings. The minimum absolute atomic E-state index is 0.292. The highest BCUT2D eigenvalue weighted by molar-refractivity contribution is 7.89. The highest BCUT2D eigenvalue weighted by Crippen LogP contribution is 2.21. The van der Waals surface area contributed by atoms with Crippen LogP contribution in [0.3, 0.4) is 0 Å². The van der Waals surface area contributed by atoms with Crippen LogP contribution in [0.25, 0.3) is 0 Å². The van der Waals surface area contributed by atoms with E-state index in [1.54, 1.807) is 24.3 Å². The van der Waals surface area contributed by atoms with Crippen molar-refractivity contribution in [3.05, 3.63) is 36.0 Å². The Hall–Kier alpha value is -1.97. The van der Waals surface area contributed by atoms with Crippen molar-refractivity contribution >= 4 is 10.0 Å². The quantitative estimate of drug-likeness (QED) is 0.676. The van der Waals surface area contributed by atoms with Gasteiger partial charge in [0.25, 0.3) is 0 Å². The van der Waals surface area contributed by atoms with Crippen LogP contribution in [0.4, 0.5) is 0 Å². The first kappa shape index (κ1) is 19.8. The van der Waals surface area contributed by atoms with E-state index in [1.165, 1.54) is 4.31 Å². The summed E-state index contributed by atoms with van der Waals surface area (Å²) in [4.78, 5) is 6.79. The van der Waals surface area contributed by atoms with Crippen molar-refractivity contribution < 1.29 is 17.7 Å². The van der Waals surface area contributed by atoms with E-state index in [-0.39, 0.29) is 0 Å². The summed E-state index contributed by atoms with van der Waals surface area (Å²) in [6.45, 7) is 7.19. The normalized spacial score (nSPS) is 16.5. The van der Waals surface area contributed by atoms with Gasteiger partial charge in [0, 0.05) is 32.6 Å². The van der Waals surface area contributed by atoms with E-state index in [0.717, 1.165) is 18.7 Å². The molecule has 1 aromatic heterocycles. The first-order chi connectivity index (χ1) is 13.0. The van der Waals surface area contributed by atoms with Crippen LogP contribution >= 0.6 is 0 Å². The van der Waals surface area contributed by atoms with Crippen LogP contribution in [0.1, 0.15) is 32.0 Å². The molecule has 0 N–H and O–H groups in total. The fourth-order valence-electron chi connectivity index (χ4n) is 3.02. The molecule has 1 saturated heterocycles. The van der Waals surface area contributed by atoms with Crippen LogP contribution in [0.2, 0.25) is 0 Å². The van der Waals surface area contributed by atoms with Crippen molar-refractivity contribution in [2.45, 2.75) is 38.1 Å². The van der Waals surface area contributed by atoms with E-state index in [9.17, 15) is 8.42 Å². The molecule has 2 heterocycles. The smallest absolute Gasteiger partial charge is 0.243 e. The van der Waals surface area contributed by atoms with Gasteiger partial charge in [0.2, 0.25) is 15.9 Å². The second kappa shape index (κ2) is 8.81. The minimum Gasteiger partial charge on any atom is -0.494 e. The Balaban J connectivity index is 1.57. The number of aromatic nitrogens is 2. The molecule has 9 heteroatoms. The van der Waals surface area contributed by atoms with Crippen molar-refractivity contribution in [3.63, 3.8) is 0 Å². The molecule has 0 amide bonds. The first-order valence-corrected chi connectivity index (χ1v) is 10.7. The van der Waals surface area contributed by atoms with E-state index in [1.807, 2.05) is 6.92 Å². The number of ether oxygens (including phenoxy) is 1. The van der Waals surface area contributed by atoms with Gasteiger partial charge in [-0.15, -0.1) is 0 Å². The Labute approximate surface area is 160 Å². The van der Waals surface area contributed by atoms with Gasteiger partial charge in [-0.1, -0.05) is 12.1 Å². The summed E-state index contributed by atoms with van der Waals surface area (Å²) in [5.41, 5.74) is 0. The van der Waals surface area contributed by atoms with E-state index in [4.69, 9.17) is 9.26 Å². The maximum Gasteiger partial charge on any atom is 0.243 e. The molecule has 0 bridgehead atoms. The molecular formula is C18H26N4O4S. The Bertz CT molecular complexity index is 827. The van der Waals surface area contributed by atoms with Crippen LogP contribution in [-0.2, 0) is 23.0 Å². The third-order valence-electron chi connectivity index (χ3n) is 4.45. The van der Waals surface area contributed by atoms with Crippen LogP contribution in [0.5, 0.6) is 5.75 Å². The summed E-state index contributed by atoms with van der Waals surface area (Å²) in [5.74, 6) is 1.98. The van der Waals surface area contributed by atoms with Crippen LogP contribution in [0.15, 0.2) is 33.7 Å². The SMILES string of the molecule is CCCc1noc(CN2CCN(S(=O)(=O)c3ccc(OCC)cc3)CC2)n1. The van der Waals surface area contributed by atoms with Crippen LogP contribution in [-0.4, -0.2) is 60.5 Å². The molecule has 0 aliphatic carbocycles. The minimum atomic E-state index is -3.49. The van der Waals surface area contributed by atoms with Crippen LogP contribution < -0.4 is 4.74 Å². The van der Waals surface area contributed by atoms with E-state index in [2.05, 4.69) is 22.0 Å². The molecule has 2 aromatic rings. The fourth-order valence-corrected chi connectivity index (χ4v) is 4.44. The molecule has 0 atom stereocenters. The Morgan fingerprint density at radius 3 is 2.44 bits per heavy atom. The van der Waals surface area contributed by atoms with Gasteiger partial charge in [-0.2, -0.15) is 9.29 Å². The predicted molar refractivity (Wildman–Crippen MR) is 99.9 cm³/mol. The van der Waals surface area contributed by atoms with Gasteiger partial charge >= 0.3 is 0 Å². The zero-order chi connectivity index (χ0) is 19.3. The molecule has 27 heavy (non-hydrogen) atoms. The fraction of sp³-hybridized carbons (Fsp3) is 0.556. The number of hydrogen-bond donors (Lipinski definition) is 0. The highest BCUT2D eigenvalue weighted by Gasteiger charge is 2.29. The van der Waals surface area contributed by atoms with E-state index in [0.29, 0.717) is 55.9 Å². The number of benzene rings is 1. The molecule has 0 radical (unpaired) electrons. The standard InChI is InChI=1S/C18H26N4O4S/c1-3-5-17-19-18(26-20-17)14-21-10-12-22(13-11-21)27(23,24)16-8-6-15(7-9-16)25-4-2/h6-9H,3-5,10-14H2,1-2H3. The summed E-state index contributed by atoms with van der Waals surface area (Å²) in [6.07, 6.45) is 1.78. The maximum atomic E-state index is 12.8. The second-order valence-electron chi connectivity index (χ2n) is 6.44. The third-order valence-corrected chi connectivity index (χ3v) is 6.36. The van der Waals surface area contributed by atoms with Crippen molar-refractivity contribution in [2.24, 2.45) is 0 Å². The molecule has 148 valence electrons. The summed E-state index contributed by atoms with van der Waals surface area (Å²) in [5, 5.41) is 3.96. The lowest BCUT2D eigenvalue weighted by atomic mass is 10.3. The number of hydrogen-bond acceptors (Lipinski definition) is 7. The molecule has 3 rings (SSSR count). The van der Waals surface area contributed by atoms with Gasteiger partial charge in [0.15, 0.2) is 5.82 Å². The summed E-state index contributed by atoms with van der Waals surface area (Å²) in [7, 11) is -3.49. The van der Waals surface area contributed by atoms with Gasteiger partial charge in [-0.25, -0.2) is 8.42 Å². The molecule has 0 saturated carbocycles. The summed E-state index contributed by atoms with van der Waals surface area (Å²) < 4.78 is 37.8. The van der Waals surface area contributed by atoms with E-state index >= 15 is 0 Å². The number of piperazine rings is 1. The number of aryl methyl sites for hydroxylation is 1. The summed E-state index contributed by atoms with van der Waals surface area (Å²) in [6, 6.07) is 6.58. The average molecular weight is 394 g/mol. The van der Waals surface area contributed by atoms with Gasteiger partial charge in [0.05, 0.1) is 18.0 Å². The van der Waals surface area contributed by atoms with Gasteiger partial charge < -0.3 is 9.26 Å². The van der Waals surface area contributed by atoms with Crippen LogP contribution in [0, 0.1) is 0 Å². The monoisotopic (exact) mass is 394 g/mol. The van der Waals surface area contributed by atoms with Crippen molar-refractivity contribution in [2.75, 3.05) is 32.8 Å². The van der Waals surface area contributed by atoms with Gasteiger partial charge in [0.1, 0.15) is 5.75 Å². The zero-order valence-electron chi connectivity index (χ0n) is 15.8. The first-order valence-electron chi connectivity index (χ1n) is 9.29. The van der Waals surface area contributed by atoms with Crippen molar-refractivity contribution in [3.8, 4) is 5.75 Å². The lowest BCUT2D eigenvalue weighted by Crippen LogP contribution is -2.48. The largest absolute Gasteiger partial charge is 0.494 e. The van der Waals surface area contributed by atoms with Gasteiger partial charge in [-0.3, -0.25) is 4.90 Å². The Morgan fingerprint density at radius 2 is 1.81 bits per heavy atom. The lowest BCUT2D eigenvalue weighted by molar-refractivity contribution is 0.163. The molecular weight excluding hydrogens is 368 g/mol. The average Bonchev–Trinajstić information content (AvgIpc) is 3.10. The van der Waals surface area contributed by atoms with Crippen molar-refractivity contribution in [1.82, 2.24) is 19.3 Å². The molecule has 1 aromatic carbocycles. The lowest BCUT2D eigenvalue weighted by Gasteiger charge is -2.33. The Morgan fingerprint density at radius 1 is 1.11 bits per heavy atom. The second-order valence-corrected chi connectivity index (χ2v) is 8.38. The molecule has 1 aliphatic heterocycles. The predicted octanol–water partition coefficient (Wildman–Crippen LogP) is 1.93. The molecule has 0 unspecified atom stereocenters. The number of sulfonamides is 1. The summed E-state index contributed by atoms with van der Waals surface area (Å²) >= 11 is 0. The Kier molecular flexibility index (Phi) is 6.46. The van der Waals surface area contributed by atoms with Crippen molar-refractivity contribution in [1.29, 1.82) is 0 Å². The third kappa shape index (κ3) is 4.85. The van der Waals surface area contributed by atoms with E-state index < -0.39 is 10.0 Å². The molecule has 8 nitrogen and oxygen atoms in total.